The standard InChI is InChI=1S/C26H34N4O4S2.ClH/c1-6-20-7-12-23-24(15-20)35-26(27-23)30(14-13-28(4)5)25(31)21-8-10-22(11-9-21)36(32,33)29-16-18(2)34-19(3)17-29;/h7-12,15,18-19H,6,13-14,16-17H2,1-5H3;1H. The number of hydrogen-bond donors (Lipinski definition) is 0. The maximum absolute atomic E-state index is 13.6. The Labute approximate surface area is 229 Å². The number of morpholine rings is 1. The molecule has 1 aromatic heterocycles. The van der Waals surface area contributed by atoms with Gasteiger partial charge in [0.05, 0.1) is 27.3 Å². The second-order valence-corrected chi connectivity index (χ2v) is 12.5. The first-order valence-corrected chi connectivity index (χ1v) is 14.5. The van der Waals surface area contributed by atoms with Crippen molar-refractivity contribution in [2.75, 3.05) is 45.2 Å². The van der Waals surface area contributed by atoms with E-state index in [-0.39, 0.29) is 35.4 Å². The van der Waals surface area contributed by atoms with Crippen LogP contribution in [0, 0.1) is 0 Å². The number of sulfonamides is 1. The van der Waals surface area contributed by atoms with Crippen molar-refractivity contribution in [1.29, 1.82) is 0 Å². The Morgan fingerprint density at radius 3 is 2.32 bits per heavy atom. The van der Waals surface area contributed by atoms with Gasteiger partial charge in [-0.2, -0.15) is 4.31 Å². The van der Waals surface area contributed by atoms with E-state index < -0.39 is 10.0 Å². The highest BCUT2D eigenvalue weighted by Gasteiger charge is 2.32. The molecule has 3 aromatic rings. The number of aryl methyl sites for hydroxylation is 1. The Kier molecular flexibility index (Phi) is 9.71. The van der Waals surface area contributed by atoms with Gasteiger partial charge in [-0.15, -0.1) is 12.4 Å². The number of nitrogens with zero attached hydrogens (tertiary/aromatic N) is 4. The Morgan fingerprint density at radius 1 is 1.08 bits per heavy atom. The number of aromatic nitrogens is 1. The molecule has 0 N–H and O–H groups in total. The maximum atomic E-state index is 13.6. The zero-order valence-corrected chi connectivity index (χ0v) is 24.3. The molecule has 2 unspecified atom stereocenters. The Hall–Kier alpha value is -2.08. The molecule has 0 bridgehead atoms. The number of anilines is 1. The van der Waals surface area contributed by atoms with E-state index in [9.17, 15) is 13.2 Å². The zero-order valence-electron chi connectivity index (χ0n) is 21.9. The third-order valence-corrected chi connectivity index (χ3v) is 9.11. The molecule has 4 rings (SSSR count). The predicted molar refractivity (Wildman–Crippen MR) is 152 cm³/mol. The number of thiazole rings is 1. The quantitative estimate of drug-likeness (QED) is 0.404. The Balaban J connectivity index is 0.00000380. The first kappa shape index (κ1) is 29.5. The molecule has 8 nitrogen and oxygen atoms in total. The van der Waals surface area contributed by atoms with E-state index in [1.165, 1.54) is 33.3 Å². The molecule has 11 heteroatoms. The van der Waals surface area contributed by atoms with Crippen LogP contribution in [-0.2, 0) is 21.2 Å². The third-order valence-electron chi connectivity index (χ3n) is 6.22. The third kappa shape index (κ3) is 6.68. The molecule has 1 saturated heterocycles. The van der Waals surface area contributed by atoms with E-state index >= 15 is 0 Å². The minimum absolute atomic E-state index is 0. The normalized spacial score (nSPS) is 18.6. The fourth-order valence-corrected chi connectivity index (χ4v) is 6.92. The van der Waals surface area contributed by atoms with Crippen LogP contribution in [0.1, 0.15) is 36.7 Å². The van der Waals surface area contributed by atoms with Gasteiger partial charge in [0.2, 0.25) is 10.0 Å². The molecule has 0 aliphatic carbocycles. The predicted octanol–water partition coefficient (Wildman–Crippen LogP) is 4.29. The van der Waals surface area contributed by atoms with Crippen molar-refractivity contribution in [2.24, 2.45) is 0 Å². The van der Waals surface area contributed by atoms with E-state index in [4.69, 9.17) is 9.72 Å². The number of fused-ring (bicyclic) bond motifs is 1. The summed E-state index contributed by atoms with van der Waals surface area (Å²) in [7, 11) is 0.243. The molecule has 1 aliphatic rings. The molecule has 1 aliphatic heterocycles. The summed E-state index contributed by atoms with van der Waals surface area (Å²) in [6.45, 7) is 7.60. The Morgan fingerprint density at radius 2 is 1.73 bits per heavy atom. The SMILES string of the molecule is CCc1ccc2nc(N(CCN(C)C)C(=O)c3ccc(S(=O)(=O)N4CC(C)OC(C)C4)cc3)sc2c1.Cl. The van der Waals surface area contributed by atoms with Gasteiger partial charge in [-0.1, -0.05) is 24.3 Å². The molecule has 0 radical (unpaired) electrons. The van der Waals surface area contributed by atoms with E-state index in [0.717, 1.165) is 16.6 Å². The van der Waals surface area contributed by atoms with Gasteiger partial charge in [0.1, 0.15) is 0 Å². The number of amides is 1. The highest BCUT2D eigenvalue weighted by atomic mass is 35.5. The van der Waals surface area contributed by atoms with Crippen LogP contribution in [0.15, 0.2) is 47.4 Å². The molecule has 0 saturated carbocycles. The number of rotatable bonds is 8. The highest BCUT2D eigenvalue weighted by Crippen LogP contribution is 2.31. The van der Waals surface area contributed by atoms with Crippen molar-refractivity contribution in [3.8, 4) is 0 Å². The van der Waals surface area contributed by atoms with Gasteiger partial charge >= 0.3 is 0 Å². The number of likely N-dealkylation sites (N-methyl/N-ethyl adjacent to an activating group) is 1. The smallest absolute Gasteiger partial charge is 0.260 e. The van der Waals surface area contributed by atoms with Gasteiger partial charge in [0, 0.05) is 31.7 Å². The molecule has 1 amide bonds. The molecule has 37 heavy (non-hydrogen) atoms. The topological polar surface area (TPSA) is 83.1 Å². The second kappa shape index (κ2) is 12.2. The first-order valence-electron chi connectivity index (χ1n) is 12.2. The number of benzene rings is 2. The molecule has 202 valence electrons. The van der Waals surface area contributed by atoms with Crippen LogP contribution in [0.5, 0.6) is 0 Å². The number of hydrogen-bond acceptors (Lipinski definition) is 7. The number of halogens is 1. The number of ether oxygens (including phenoxy) is 1. The molecule has 2 heterocycles. The van der Waals surface area contributed by atoms with Gasteiger partial charge < -0.3 is 9.64 Å². The minimum atomic E-state index is -3.68. The Bertz CT molecular complexity index is 1320. The van der Waals surface area contributed by atoms with Crippen LogP contribution in [0.25, 0.3) is 10.2 Å². The van der Waals surface area contributed by atoms with E-state index in [0.29, 0.717) is 36.9 Å². The zero-order chi connectivity index (χ0) is 26.0. The second-order valence-electron chi connectivity index (χ2n) is 9.52. The first-order chi connectivity index (χ1) is 17.1. The average molecular weight is 567 g/mol. The minimum Gasteiger partial charge on any atom is -0.373 e. The molecular formula is C26H35ClN4O4S2. The van der Waals surface area contributed by atoms with E-state index in [2.05, 4.69) is 19.1 Å². The van der Waals surface area contributed by atoms with Crippen LogP contribution in [0.4, 0.5) is 5.13 Å². The molecule has 2 atom stereocenters. The summed E-state index contributed by atoms with van der Waals surface area (Å²) in [6.07, 6.45) is 0.595. The fraction of sp³-hybridized carbons (Fsp3) is 0.462. The number of carbonyl (C=O) groups excluding carboxylic acids is 1. The monoisotopic (exact) mass is 566 g/mol. The molecule has 1 fully saturated rings. The van der Waals surface area contributed by atoms with Gasteiger partial charge in [-0.05, 0) is 76.3 Å². The van der Waals surface area contributed by atoms with Crippen molar-refractivity contribution in [1.82, 2.24) is 14.2 Å². The maximum Gasteiger partial charge on any atom is 0.260 e. The summed E-state index contributed by atoms with van der Waals surface area (Å²) >= 11 is 1.50. The van der Waals surface area contributed by atoms with Gasteiger partial charge in [0.15, 0.2) is 5.13 Å². The van der Waals surface area contributed by atoms with E-state index in [1.54, 1.807) is 17.0 Å². The van der Waals surface area contributed by atoms with Gasteiger partial charge in [0.25, 0.3) is 5.91 Å². The van der Waals surface area contributed by atoms with Crippen molar-refractivity contribution in [2.45, 2.75) is 44.3 Å². The summed E-state index contributed by atoms with van der Waals surface area (Å²) in [4.78, 5) is 22.2. The van der Waals surface area contributed by atoms with Crippen LogP contribution < -0.4 is 4.90 Å². The lowest BCUT2D eigenvalue weighted by molar-refractivity contribution is -0.0440. The van der Waals surface area contributed by atoms with Crippen molar-refractivity contribution < 1.29 is 17.9 Å². The summed E-state index contributed by atoms with van der Waals surface area (Å²) in [5.41, 5.74) is 2.51. The summed E-state index contributed by atoms with van der Waals surface area (Å²) < 4.78 is 34.6. The van der Waals surface area contributed by atoms with Crippen LogP contribution in [0.2, 0.25) is 0 Å². The van der Waals surface area contributed by atoms with E-state index in [1.807, 2.05) is 38.9 Å². The molecule has 0 spiro atoms. The van der Waals surface area contributed by atoms with Crippen molar-refractivity contribution >= 4 is 55.0 Å². The lowest BCUT2D eigenvalue weighted by Crippen LogP contribution is -2.48. The van der Waals surface area contributed by atoms with Crippen molar-refractivity contribution in [3.05, 3.63) is 53.6 Å². The fourth-order valence-electron chi connectivity index (χ4n) is 4.28. The largest absolute Gasteiger partial charge is 0.373 e. The average Bonchev–Trinajstić information content (AvgIpc) is 3.26. The van der Waals surface area contributed by atoms with Gasteiger partial charge in [-0.25, -0.2) is 13.4 Å². The summed E-state index contributed by atoms with van der Waals surface area (Å²) in [5, 5.41) is 0.637. The number of carbonyl (C=O) groups is 1. The summed E-state index contributed by atoms with van der Waals surface area (Å²) in [6, 6.07) is 12.4. The highest BCUT2D eigenvalue weighted by molar-refractivity contribution is 7.89. The molecular weight excluding hydrogens is 532 g/mol. The van der Waals surface area contributed by atoms with Crippen LogP contribution in [0.3, 0.4) is 0 Å². The van der Waals surface area contributed by atoms with Crippen LogP contribution >= 0.6 is 23.7 Å². The van der Waals surface area contributed by atoms with Crippen molar-refractivity contribution in [3.63, 3.8) is 0 Å². The van der Waals surface area contributed by atoms with Crippen LogP contribution in [-0.4, -0.2) is 81.0 Å². The molecule has 2 aromatic carbocycles. The van der Waals surface area contributed by atoms with Gasteiger partial charge in [-0.3, -0.25) is 9.69 Å². The summed E-state index contributed by atoms with van der Waals surface area (Å²) in [5.74, 6) is -0.204. The lowest BCUT2D eigenvalue weighted by atomic mass is 10.2. The lowest BCUT2D eigenvalue weighted by Gasteiger charge is -2.34.